The molecule has 0 aliphatic carbocycles. The van der Waals surface area contributed by atoms with Crippen molar-refractivity contribution in [3.63, 3.8) is 0 Å². The van der Waals surface area contributed by atoms with Crippen molar-refractivity contribution in [2.45, 2.75) is 24.8 Å². The number of nitrogens with one attached hydrogen (secondary N) is 1. The summed E-state index contributed by atoms with van der Waals surface area (Å²) in [5, 5.41) is 1.84. The normalized spacial score (nSPS) is 20.0. The van der Waals surface area contributed by atoms with Gasteiger partial charge in [0.25, 0.3) is 5.91 Å². The second-order valence-electron chi connectivity index (χ2n) is 6.54. The van der Waals surface area contributed by atoms with Gasteiger partial charge < -0.3 is 30.1 Å². The number of para-hydroxylation sites is 1. The van der Waals surface area contributed by atoms with Gasteiger partial charge in [-0.2, -0.15) is 0 Å². The minimum absolute atomic E-state index is 0. The number of nitrogens with zero attached hydrogens (tertiary/aromatic N) is 1. The van der Waals surface area contributed by atoms with Crippen LogP contribution >= 0.6 is 19.4 Å². The average molecular weight is 485 g/mol. The van der Waals surface area contributed by atoms with Crippen molar-refractivity contribution in [3.8, 4) is 0 Å². The smallest absolute Gasteiger partial charge is 0.806 e. The zero-order valence-corrected chi connectivity index (χ0v) is 23.0. The van der Waals surface area contributed by atoms with E-state index in [1.807, 2.05) is 0 Å². The summed E-state index contributed by atoms with van der Waals surface area (Å²) >= 11 is 1.17. The summed E-state index contributed by atoms with van der Waals surface area (Å²) in [6.45, 7) is 0.750. The van der Waals surface area contributed by atoms with Gasteiger partial charge in [0, 0.05) is 23.9 Å². The monoisotopic (exact) mass is 485 g/mol. The molecule has 1 aromatic carbocycles. The number of nitrogen functional groups attached to an aromatic ring is 1. The van der Waals surface area contributed by atoms with Crippen LogP contribution < -0.4 is 80.0 Å². The maximum atomic E-state index is 12.5. The predicted molar refractivity (Wildman–Crippen MR) is 101 cm³/mol. The van der Waals surface area contributed by atoms with Crippen LogP contribution in [0.5, 0.6) is 0 Å². The Morgan fingerprint density at radius 1 is 1.32 bits per heavy atom. The SMILES string of the molecule is CC(=O)OCC1=C(P(=O)([O-])[O-])N2C(=O)[C@@H](NC(=O)Cc3ccccc3N)[C@H]2SC1.[Na+].[Na+]. The molecule has 0 bridgehead atoms. The Balaban J connectivity index is 0.00000240. The molecular formula is C17H18N3Na2O7PS. The van der Waals surface area contributed by atoms with Crippen LogP contribution in [0.1, 0.15) is 12.5 Å². The van der Waals surface area contributed by atoms with Crippen molar-refractivity contribution in [2.24, 2.45) is 0 Å². The molecule has 1 fully saturated rings. The van der Waals surface area contributed by atoms with E-state index in [-0.39, 0.29) is 76.9 Å². The fraction of sp³-hybridized carbons (Fsp3) is 0.353. The standard InChI is InChI=1S/C17H20N3O7PS.2Na/c1-9(21)27-7-11-8-29-17-14(15(23)20(17)16(11)28(24,25)26)19-13(22)6-10-4-2-3-5-12(10)18;;/h2-5,14,17H,6-8,18H2,1H3,(H,19,22)(H2,24,25,26);;/q;2*+1/p-2/t14-,17-;;/m1../s1. The minimum Gasteiger partial charge on any atom is -0.806 e. The Kier molecular flexibility index (Phi) is 10.8. The Morgan fingerprint density at radius 2 is 1.97 bits per heavy atom. The van der Waals surface area contributed by atoms with Gasteiger partial charge in [-0.1, -0.05) is 18.2 Å². The van der Waals surface area contributed by atoms with Gasteiger partial charge in [-0.3, -0.25) is 19.3 Å². The molecule has 10 nitrogen and oxygen atoms in total. The van der Waals surface area contributed by atoms with Crippen molar-refractivity contribution in [1.82, 2.24) is 10.2 Å². The molecule has 1 aromatic rings. The molecule has 156 valence electrons. The topological polar surface area (TPSA) is 165 Å². The second kappa shape index (κ2) is 11.7. The quantitative estimate of drug-likeness (QED) is 0.131. The maximum Gasteiger partial charge on any atom is 1.00 e. The third-order valence-corrected chi connectivity index (χ3v) is 6.84. The fourth-order valence-electron chi connectivity index (χ4n) is 3.13. The number of esters is 1. The van der Waals surface area contributed by atoms with Crippen molar-refractivity contribution in [3.05, 3.63) is 40.8 Å². The third kappa shape index (κ3) is 6.60. The first-order valence-electron chi connectivity index (χ1n) is 8.55. The Hall–Kier alpha value is -0.330. The summed E-state index contributed by atoms with van der Waals surface area (Å²) in [7, 11) is -5.31. The first-order chi connectivity index (χ1) is 13.6. The summed E-state index contributed by atoms with van der Waals surface area (Å²) in [6.07, 6.45) is -0.0458. The Morgan fingerprint density at radius 3 is 2.55 bits per heavy atom. The number of thioether (sulfide) groups is 1. The number of hydrogen-bond acceptors (Lipinski definition) is 9. The summed E-state index contributed by atoms with van der Waals surface area (Å²) in [4.78, 5) is 60.2. The number of amides is 2. The Labute approximate surface area is 227 Å². The summed E-state index contributed by atoms with van der Waals surface area (Å²) in [6, 6.07) is 5.83. The molecule has 2 aliphatic rings. The molecule has 3 rings (SSSR count). The summed E-state index contributed by atoms with van der Waals surface area (Å²) in [5.41, 5.74) is 6.21. The van der Waals surface area contributed by atoms with Crippen LogP contribution in [0.25, 0.3) is 0 Å². The molecule has 3 N–H and O–H groups in total. The number of anilines is 1. The van der Waals surface area contributed by atoms with Gasteiger partial charge in [0.15, 0.2) is 0 Å². The van der Waals surface area contributed by atoms with Gasteiger partial charge in [0.05, 0.1) is 11.9 Å². The molecule has 2 atom stereocenters. The van der Waals surface area contributed by atoms with Crippen LogP contribution in [0.2, 0.25) is 0 Å². The van der Waals surface area contributed by atoms with Crippen molar-refractivity contribution < 1.29 is 92.6 Å². The number of rotatable bonds is 6. The van der Waals surface area contributed by atoms with Crippen LogP contribution in [0.4, 0.5) is 5.69 Å². The van der Waals surface area contributed by atoms with E-state index in [9.17, 15) is 28.7 Å². The number of β-lactam (4-membered cyclic amide) rings is 1. The molecule has 0 unspecified atom stereocenters. The number of nitrogens with two attached hydrogens (primary N) is 1. The first-order valence-corrected chi connectivity index (χ1v) is 11.1. The van der Waals surface area contributed by atoms with Crippen molar-refractivity contribution >= 4 is 42.8 Å². The number of fused-ring (bicyclic) bond motifs is 1. The average Bonchev–Trinajstić information content (AvgIpc) is 2.64. The van der Waals surface area contributed by atoms with Crippen LogP contribution in [0, 0.1) is 0 Å². The molecule has 0 radical (unpaired) electrons. The fourth-order valence-corrected chi connectivity index (χ4v) is 5.66. The molecule has 2 aliphatic heterocycles. The van der Waals surface area contributed by atoms with Gasteiger partial charge in [-0.25, -0.2) is 0 Å². The zero-order chi connectivity index (χ0) is 21.3. The molecule has 2 heterocycles. The van der Waals surface area contributed by atoms with E-state index in [2.05, 4.69) is 5.32 Å². The number of benzene rings is 1. The van der Waals surface area contributed by atoms with E-state index in [1.54, 1.807) is 24.3 Å². The van der Waals surface area contributed by atoms with Gasteiger partial charge in [-0.05, 0) is 19.2 Å². The van der Waals surface area contributed by atoms with E-state index >= 15 is 0 Å². The molecule has 31 heavy (non-hydrogen) atoms. The van der Waals surface area contributed by atoms with Crippen LogP contribution in [0.3, 0.4) is 0 Å². The van der Waals surface area contributed by atoms with E-state index in [0.29, 0.717) is 11.3 Å². The van der Waals surface area contributed by atoms with Gasteiger partial charge >= 0.3 is 65.1 Å². The number of ether oxygens (including phenoxy) is 1. The molecule has 0 saturated carbocycles. The van der Waals surface area contributed by atoms with E-state index in [0.717, 1.165) is 11.8 Å². The molecule has 14 heteroatoms. The second-order valence-corrected chi connectivity index (χ2v) is 9.06. The predicted octanol–water partition coefficient (Wildman–Crippen LogP) is -7.09. The number of hydrogen-bond donors (Lipinski definition) is 2. The molecule has 1 saturated heterocycles. The Bertz CT molecular complexity index is 955. The van der Waals surface area contributed by atoms with Crippen LogP contribution in [-0.4, -0.2) is 46.5 Å². The van der Waals surface area contributed by atoms with Gasteiger partial charge in [-0.15, -0.1) is 11.8 Å². The largest absolute Gasteiger partial charge is 1.00 e. The number of carbonyl (C=O) groups is 3. The third-order valence-electron chi connectivity index (χ3n) is 4.45. The van der Waals surface area contributed by atoms with Crippen LogP contribution in [0.15, 0.2) is 35.3 Å². The number of carbonyl (C=O) groups excluding carboxylic acids is 3. The molecule has 0 spiro atoms. The van der Waals surface area contributed by atoms with Crippen LogP contribution in [-0.2, 0) is 30.1 Å². The first kappa shape index (κ1) is 28.7. The van der Waals surface area contributed by atoms with E-state index < -0.39 is 48.8 Å². The minimum atomic E-state index is -5.31. The van der Waals surface area contributed by atoms with Gasteiger partial charge in [0.2, 0.25) is 5.91 Å². The maximum absolute atomic E-state index is 12.5. The zero-order valence-electron chi connectivity index (χ0n) is 17.3. The van der Waals surface area contributed by atoms with E-state index in [1.165, 1.54) is 11.8 Å². The van der Waals surface area contributed by atoms with E-state index in [4.69, 9.17) is 10.5 Å². The molecule has 2 amide bonds. The van der Waals surface area contributed by atoms with Crippen molar-refractivity contribution in [1.29, 1.82) is 0 Å². The van der Waals surface area contributed by atoms with Gasteiger partial charge in [0.1, 0.15) is 18.0 Å². The molecular weight excluding hydrogens is 467 g/mol. The summed E-state index contributed by atoms with van der Waals surface area (Å²) in [5.74, 6) is -1.73. The molecule has 0 aromatic heterocycles. The summed E-state index contributed by atoms with van der Waals surface area (Å²) < 4.78 is 16.5. The van der Waals surface area contributed by atoms with Crippen molar-refractivity contribution in [2.75, 3.05) is 18.1 Å².